The maximum absolute atomic E-state index is 10.0. The van der Waals surface area contributed by atoms with Crippen molar-refractivity contribution in [3.8, 4) is 0 Å². The molecule has 1 aromatic carbocycles. The third kappa shape index (κ3) is 4.05. The Hall–Kier alpha value is -1.35. The molecule has 0 atom stereocenters. The molecule has 0 amide bonds. The Morgan fingerprint density at radius 3 is 2.07 bits per heavy atom. The highest BCUT2D eigenvalue weighted by molar-refractivity contribution is 9.10. The van der Waals surface area contributed by atoms with Crippen molar-refractivity contribution >= 4 is 22.2 Å². The first-order chi connectivity index (χ1) is 6.83. The highest BCUT2D eigenvalue weighted by Crippen LogP contribution is 2.06. The molecule has 0 fully saturated rings. The average molecular weight is 253 g/mol. The van der Waals surface area contributed by atoms with E-state index in [0.29, 0.717) is 0 Å². The van der Waals surface area contributed by atoms with Gasteiger partial charge >= 0.3 is 0 Å². The van der Waals surface area contributed by atoms with Crippen molar-refractivity contribution in [1.82, 2.24) is 0 Å². The Balaban J connectivity index is 0.000000146. The van der Waals surface area contributed by atoms with Crippen LogP contribution in [-0.4, -0.2) is 6.29 Å². The Morgan fingerprint density at radius 2 is 1.79 bits per heavy atom. The molecule has 2 nitrogen and oxygen atoms in total. The fourth-order valence-electron chi connectivity index (χ4n) is 0.790. The van der Waals surface area contributed by atoms with E-state index >= 15 is 0 Å². The summed E-state index contributed by atoms with van der Waals surface area (Å²) in [7, 11) is 0. The predicted octanol–water partition coefficient (Wildman–Crippen LogP) is 3.54. The molecule has 2 aromatic rings. The molecule has 1 aromatic heterocycles. The van der Waals surface area contributed by atoms with Crippen molar-refractivity contribution in [2.75, 3.05) is 0 Å². The van der Waals surface area contributed by atoms with E-state index in [4.69, 9.17) is 4.42 Å². The third-order valence-electron chi connectivity index (χ3n) is 1.42. The van der Waals surface area contributed by atoms with Gasteiger partial charge in [-0.05, 0) is 28.1 Å². The Labute approximate surface area is 90.7 Å². The van der Waals surface area contributed by atoms with Crippen molar-refractivity contribution in [2.24, 2.45) is 0 Å². The number of halogens is 1. The molecule has 0 saturated heterocycles. The summed E-state index contributed by atoms with van der Waals surface area (Å²) in [6.45, 7) is 0. The van der Waals surface area contributed by atoms with Gasteiger partial charge in [0.2, 0.25) is 0 Å². The molecular weight excluding hydrogens is 244 g/mol. The highest BCUT2D eigenvalue weighted by Gasteiger charge is 1.80. The molecule has 14 heavy (non-hydrogen) atoms. The quantitative estimate of drug-likeness (QED) is 0.727. The van der Waals surface area contributed by atoms with Gasteiger partial charge in [-0.1, -0.05) is 30.3 Å². The van der Waals surface area contributed by atoms with Gasteiger partial charge in [0, 0.05) is 5.56 Å². The average Bonchev–Trinajstić information content (AvgIpc) is 2.71. The van der Waals surface area contributed by atoms with E-state index in [9.17, 15) is 4.79 Å². The lowest BCUT2D eigenvalue weighted by Crippen LogP contribution is -1.73. The molecule has 2 rings (SSSR count). The Bertz CT molecular complexity index is 354. The highest BCUT2D eigenvalue weighted by atomic mass is 79.9. The molecule has 0 bridgehead atoms. The molecule has 0 aliphatic carbocycles. The standard InChI is InChI=1S/C7H6O.C4H3BrO/c8-6-7-4-2-1-3-5-7;5-4-2-1-3-6-4/h1-6H;1-3H. The SMILES string of the molecule is Brc1ccco1.O=Cc1ccccc1. The van der Waals surface area contributed by atoms with Crippen LogP contribution >= 0.6 is 15.9 Å². The van der Waals surface area contributed by atoms with Crippen LogP contribution in [0.5, 0.6) is 0 Å². The smallest absolute Gasteiger partial charge is 0.168 e. The normalized spacial score (nSPS) is 8.64. The molecule has 0 aliphatic heterocycles. The molecule has 0 unspecified atom stereocenters. The number of carbonyl (C=O) groups excluding carboxylic acids is 1. The summed E-state index contributed by atoms with van der Waals surface area (Å²) >= 11 is 3.11. The van der Waals surface area contributed by atoms with Gasteiger partial charge in [-0.2, -0.15) is 0 Å². The van der Waals surface area contributed by atoms with Gasteiger partial charge in [-0.3, -0.25) is 4.79 Å². The van der Waals surface area contributed by atoms with Crippen molar-refractivity contribution in [2.45, 2.75) is 0 Å². The van der Waals surface area contributed by atoms with Crippen LogP contribution in [0, 0.1) is 0 Å². The van der Waals surface area contributed by atoms with Gasteiger partial charge in [0.05, 0.1) is 6.26 Å². The maximum Gasteiger partial charge on any atom is 0.168 e. The summed E-state index contributed by atoms with van der Waals surface area (Å²) in [5, 5.41) is 0. The second kappa shape index (κ2) is 6.16. The van der Waals surface area contributed by atoms with Gasteiger partial charge in [0.1, 0.15) is 6.29 Å². The van der Waals surface area contributed by atoms with Crippen LogP contribution in [0.1, 0.15) is 10.4 Å². The maximum atomic E-state index is 10.0. The van der Waals surface area contributed by atoms with E-state index in [1.54, 1.807) is 18.4 Å². The molecule has 1 heterocycles. The van der Waals surface area contributed by atoms with E-state index in [0.717, 1.165) is 16.5 Å². The number of benzene rings is 1. The van der Waals surface area contributed by atoms with Crippen molar-refractivity contribution in [3.63, 3.8) is 0 Å². The van der Waals surface area contributed by atoms with Gasteiger partial charge in [0.15, 0.2) is 4.67 Å². The largest absolute Gasteiger partial charge is 0.458 e. The number of carbonyl (C=O) groups is 1. The number of rotatable bonds is 1. The first-order valence-corrected chi connectivity index (χ1v) is 4.81. The van der Waals surface area contributed by atoms with Gasteiger partial charge in [0.25, 0.3) is 0 Å². The lowest BCUT2D eigenvalue weighted by Gasteiger charge is -1.81. The zero-order valence-corrected chi connectivity index (χ0v) is 8.98. The lowest BCUT2D eigenvalue weighted by atomic mass is 10.2. The molecule has 0 N–H and O–H groups in total. The zero-order chi connectivity index (χ0) is 10.2. The summed E-state index contributed by atoms with van der Waals surface area (Å²) in [6.07, 6.45) is 2.45. The Morgan fingerprint density at radius 1 is 1.07 bits per heavy atom. The minimum atomic E-state index is 0.729. The molecule has 0 aliphatic rings. The third-order valence-corrected chi connectivity index (χ3v) is 1.87. The molecule has 72 valence electrons. The molecule has 0 saturated carbocycles. The fraction of sp³-hybridized carbons (Fsp3) is 0. The monoisotopic (exact) mass is 252 g/mol. The van der Waals surface area contributed by atoms with Crippen LogP contribution in [0.15, 0.2) is 57.8 Å². The number of furan rings is 1. The number of hydrogen-bond acceptors (Lipinski definition) is 2. The summed E-state index contributed by atoms with van der Waals surface area (Å²) in [5.41, 5.74) is 0.729. The van der Waals surface area contributed by atoms with Gasteiger partial charge in [-0.15, -0.1) is 0 Å². The summed E-state index contributed by atoms with van der Waals surface area (Å²) in [6, 6.07) is 12.8. The predicted molar refractivity (Wildman–Crippen MR) is 58.2 cm³/mol. The molecule has 0 radical (unpaired) electrons. The van der Waals surface area contributed by atoms with Crippen LogP contribution in [0.3, 0.4) is 0 Å². The zero-order valence-electron chi connectivity index (χ0n) is 7.39. The van der Waals surface area contributed by atoms with E-state index in [1.807, 2.05) is 30.3 Å². The Kier molecular flexibility index (Phi) is 4.72. The number of aldehydes is 1. The topological polar surface area (TPSA) is 30.2 Å². The van der Waals surface area contributed by atoms with Gasteiger partial charge < -0.3 is 4.42 Å². The summed E-state index contributed by atoms with van der Waals surface area (Å²) in [5.74, 6) is 0. The van der Waals surface area contributed by atoms with Crippen LogP contribution in [0.2, 0.25) is 0 Å². The second-order valence-electron chi connectivity index (χ2n) is 2.45. The first-order valence-electron chi connectivity index (χ1n) is 4.02. The molecule has 0 spiro atoms. The van der Waals surface area contributed by atoms with E-state index in [1.165, 1.54) is 0 Å². The van der Waals surface area contributed by atoms with Crippen molar-refractivity contribution in [3.05, 3.63) is 59.0 Å². The summed E-state index contributed by atoms with van der Waals surface area (Å²) in [4.78, 5) is 10.0. The lowest BCUT2D eigenvalue weighted by molar-refractivity contribution is 0.112. The fourth-order valence-corrected chi connectivity index (χ4v) is 1.05. The van der Waals surface area contributed by atoms with Gasteiger partial charge in [-0.25, -0.2) is 0 Å². The van der Waals surface area contributed by atoms with Crippen molar-refractivity contribution in [1.29, 1.82) is 0 Å². The van der Waals surface area contributed by atoms with Crippen LogP contribution in [0.25, 0.3) is 0 Å². The van der Waals surface area contributed by atoms with Crippen LogP contribution < -0.4 is 0 Å². The minimum absolute atomic E-state index is 0.729. The van der Waals surface area contributed by atoms with Crippen LogP contribution in [-0.2, 0) is 0 Å². The van der Waals surface area contributed by atoms with E-state index in [2.05, 4.69) is 15.9 Å². The van der Waals surface area contributed by atoms with E-state index < -0.39 is 0 Å². The first kappa shape index (κ1) is 10.7. The molecular formula is C11H9BrO2. The number of hydrogen-bond donors (Lipinski definition) is 0. The summed E-state index contributed by atoms with van der Waals surface area (Å²) < 4.78 is 5.53. The van der Waals surface area contributed by atoms with E-state index in [-0.39, 0.29) is 0 Å². The minimum Gasteiger partial charge on any atom is -0.458 e. The van der Waals surface area contributed by atoms with Crippen molar-refractivity contribution < 1.29 is 9.21 Å². The van der Waals surface area contributed by atoms with Crippen LogP contribution in [0.4, 0.5) is 0 Å². The second-order valence-corrected chi connectivity index (χ2v) is 3.23. The molecule has 3 heteroatoms.